The number of benzene rings is 4. The maximum absolute atomic E-state index is 9.78. The van der Waals surface area contributed by atoms with E-state index in [4.69, 9.17) is 0 Å². The number of aryl methyl sites for hydroxylation is 2. The van der Waals surface area contributed by atoms with Crippen molar-refractivity contribution in [2.45, 2.75) is 20.3 Å². The quantitative estimate of drug-likeness (QED) is 0.361. The van der Waals surface area contributed by atoms with E-state index in [9.17, 15) is 5.11 Å². The summed E-state index contributed by atoms with van der Waals surface area (Å²) in [5.74, 6) is 0.314. The third-order valence-electron chi connectivity index (χ3n) is 5.90. The van der Waals surface area contributed by atoms with E-state index < -0.39 is 0 Å². The van der Waals surface area contributed by atoms with Gasteiger partial charge in [-0.3, -0.25) is 0 Å². The lowest BCUT2D eigenvalue weighted by Crippen LogP contribution is -1.91. The SMILES string of the molecule is Cc1cc(O)ccc1-c1cc(-c2cccc3c2Cc2ccccc2-3)ccc1C. The van der Waals surface area contributed by atoms with Gasteiger partial charge in [0.25, 0.3) is 0 Å². The first kappa shape index (κ1) is 16.8. The van der Waals surface area contributed by atoms with E-state index in [2.05, 4.69) is 74.5 Å². The fourth-order valence-electron chi connectivity index (χ4n) is 4.46. The fraction of sp³-hybridized carbons (Fsp3) is 0.111. The smallest absolute Gasteiger partial charge is 0.115 e. The molecule has 5 rings (SSSR count). The molecular formula is C27H22O. The van der Waals surface area contributed by atoms with Crippen LogP contribution in [0.5, 0.6) is 5.75 Å². The number of rotatable bonds is 2. The third kappa shape index (κ3) is 2.63. The summed E-state index contributed by atoms with van der Waals surface area (Å²) in [6.07, 6.45) is 0.989. The van der Waals surface area contributed by atoms with Crippen LogP contribution in [-0.4, -0.2) is 5.11 Å². The zero-order valence-corrected chi connectivity index (χ0v) is 16.2. The van der Waals surface area contributed by atoms with Crippen molar-refractivity contribution in [3.63, 3.8) is 0 Å². The molecule has 0 spiro atoms. The van der Waals surface area contributed by atoms with Gasteiger partial charge in [-0.2, -0.15) is 0 Å². The molecule has 0 amide bonds. The van der Waals surface area contributed by atoms with Crippen LogP contribution in [0.2, 0.25) is 0 Å². The van der Waals surface area contributed by atoms with Crippen LogP contribution in [0.1, 0.15) is 22.3 Å². The molecule has 0 saturated carbocycles. The van der Waals surface area contributed by atoms with Gasteiger partial charge in [0.05, 0.1) is 0 Å². The van der Waals surface area contributed by atoms with Crippen LogP contribution in [0.15, 0.2) is 78.9 Å². The molecule has 0 aromatic heterocycles. The van der Waals surface area contributed by atoms with Crippen LogP contribution in [0, 0.1) is 13.8 Å². The molecule has 28 heavy (non-hydrogen) atoms. The molecule has 1 heteroatoms. The van der Waals surface area contributed by atoms with Gasteiger partial charge >= 0.3 is 0 Å². The van der Waals surface area contributed by atoms with E-state index in [1.54, 1.807) is 6.07 Å². The fourth-order valence-corrected chi connectivity index (χ4v) is 4.46. The van der Waals surface area contributed by atoms with Gasteiger partial charge in [0.2, 0.25) is 0 Å². The minimum absolute atomic E-state index is 0.314. The lowest BCUT2D eigenvalue weighted by Gasteiger charge is -2.14. The highest BCUT2D eigenvalue weighted by Gasteiger charge is 2.21. The first-order valence-electron chi connectivity index (χ1n) is 9.73. The van der Waals surface area contributed by atoms with Crippen LogP contribution in [0.3, 0.4) is 0 Å². The van der Waals surface area contributed by atoms with Crippen LogP contribution < -0.4 is 0 Å². The zero-order valence-electron chi connectivity index (χ0n) is 16.2. The molecule has 4 aromatic carbocycles. The maximum atomic E-state index is 9.78. The Morgan fingerprint density at radius 2 is 1.39 bits per heavy atom. The van der Waals surface area contributed by atoms with Gasteiger partial charge in [0.15, 0.2) is 0 Å². The Morgan fingerprint density at radius 1 is 0.607 bits per heavy atom. The first-order valence-corrected chi connectivity index (χ1v) is 9.73. The molecule has 1 aliphatic rings. The van der Waals surface area contributed by atoms with Crippen molar-refractivity contribution in [3.05, 3.63) is 101 Å². The summed E-state index contributed by atoms with van der Waals surface area (Å²) in [5, 5.41) is 9.78. The summed E-state index contributed by atoms with van der Waals surface area (Å²) in [5.41, 5.74) is 12.8. The molecule has 0 aliphatic heterocycles. The summed E-state index contributed by atoms with van der Waals surface area (Å²) in [6, 6.07) is 27.7. The summed E-state index contributed by atoms with van der Waals surface area (Å²) in [7, 11) is 0. The molecular weight excluding hydrogens is 340 g/mol. The molecule has 0 radical (unpaired) electrons. The van der Waals surface area contributed by atoms with E-state index in [0.717, 1.165) is 12.0 Å². The van der Waals surface area contributed by atoms with Crippen molar-refractivity contribution in [2.75, 3.05) is 0 Å². The van der Waals surface area contributed by atoms with Gasteiger partial charge in [-0.25, -0.2) is 0 Å². The predicted octanol–water partition coefficient (Wildman–Crippen LogP) is 6.91. The van der Waals surface area contributed by atoms with Crippen molar-refractivity contribution in [2.24, 2.45) is 0 Å². The Kier molecular flexibility index (Phi) is 3.84. The lowest BCUT2D eigenvalue weighted by atomic mass is 9.90. The maximum Gasteiger partial charge on any atom is 0.115 e. The van der Waals surface area contributed by atoms with Gasteiger partial charge in [0.1, 0.15) is 5.75 Å². The molecule has 0 atom stereocenters. The minimum Gasteiger partial charge on any atom is -0.508 e. The van der Waals surface area contributed by atoms with Crippen molar-refractivity contribution in [1.82, 2.24) is 0 Å². The molecule has 0 bridgehead atoms. The summed E-state index contributed by atoms with van der Waals surface area (Å²) in [4.78, 5) is 0. The monoisotopic (exact) mass is 362 g/mol. The van der Waals surface area contributed by atoms with Crippen molar-refractivity contribution >= 4 is 0 Å². The largest absolute Gasteiger partial charge is 0.508 e. The van der Waals surface area contributed by atoms with Crippen molar-refractivity contribution in [1.29, 1.82) is 0 Å². The Labute approximate surface area is 165 Å². The molecule has 0 fully saturated rings. The molecule has 1 nitrogen and oxygen atoms in total. The first-order chi connectivity index (χ1) is 13.6. The summed E-state index contributed by atoms with van der Waals surface area (Å²) < 4.78 is 0. The van der Waals surface area contributed by atoms with Gasteiger partial charge in [-0.15, -0.1) is 0 Å². The second-order valence-electron chi connectivity index (χ2n) is 7.69. The minimum atomic E-state index is 0.314. The highest BCUT2D eigenvalue weighted by Crippen LogP contribution is 2.42. The number of phenolic OH excluding ortho intramolecular Hbond substituents is 1. The van der Waals surface area contributed by atoms with E-state index in [0.29, 0.717) is 5.75 Å². The average Bonchev–Trinajstić information content (AvgIpc) is 3.08. The standard InChI is InChI=1S/C27H22O/c1-17-10-11-20(15-26(17)22-13-12-21(28)14-18(22)2)24-8-5-9-25-23-7-4-3-6-19(23)16-27(24)25/h3-15,28H,16H2,1-2H3. The number of aromatic hydroxyl groups is 1. The molecule has 0 unspecified atom stereocenters. The van der Waals surface area contributed by atoms with Gasteiger partial charge in [-0.05, 0) is 94.1 Å². The van der Waals surface area contributed by atoms with Gasteiger partial charge in [0, 0.05) is 0 Å². The second-order valence-corrected chi connectivity index (χ2v) is 7.69. The Bertz CT molecular complexity index is 1220. The third-order valence-corrected chi connectivity index (χ3v) is 5.90. The van der Waals surface area contributed by atoms with E-state index in [1.807, 2.05) is 12.1 Å². The van der Waals surface area contributed by atoms with Crippen LogP contribution in [0.4, 0.5) is 0 Å². The topological polar surface area (TPSA) is 20.2 Å². The van der Waals surface area contributed by atoms with E-state index >= 15 is 0 Å². The average molecular weight is 362 g/mol. The van der Waals surface area contributed by atoms with Crippen LogP contribution >= 0.6 is 0 Å². The number of phenols is 1. The highest BCUT2D eigenvalue weighted by molar-refractivity contribution is 5.86. The van der Waals surface area contributed by atoms with Crippen molar-refractivity contribution in [3.8, 4) is 39.1 Å². The second kappa shape index (κ2) is 6.38. The molecule has 0 heterocycles. The summed E-state index contributed by atoms with van der Waals surface area (Å²) in [6.45, 7) is 4.20. The predicted molar refractivity (Wildman–Crippen MR) is 117 cm³/mol. The molecule has 1 aliphatic carbocycles. The molecule has 0 saturated heterocycles. The zero-order chi connectivity index (χ0) is 19.3. The van der Waals surface area contributed by atoms with Gasteiger partial charge < -0.3 is 5.11 Å². The molecule has 136 valence electrons. The van der Waals surface area contributed by atoms with E-state index in [1.165, 1.54) is 50.1 Å². The highest BCUT2D eigenvalue weighted by atomic mass is 16.3. The Balaban J connectivity index is 1.67. The normalized spacial score (nSPS) is 11.9. The lowest BCUT2D eigenvalue weighted by molar-refractivity contribution is 0.475. The number of fused-ring (bicyclic) bond motifs is 3. The Hall–Kier alpha value is -3.32. The van der Waals surface area contributed by atoms with Crippen LogP contribution in [0.25, 0.3) is 33.4 Å². The molecule has 1 N–H and O–H groups in total. The van der Waals surface area contributed by atoms with E-state index in [-0.39, 0.29) is 0 Å². The summed E-state index contributed by atoms with van der Waals surface area (Å²) >= 11 is 0. The van der Waals surface area contributed by atoms with Crippen molar-refractivity contribution < 1.29 is 5.11 Å². The van der Waals surface area contributed by atoms with Crippen LogP contribution in [-0.2, 0) is 6.42 Å². The molecule has 4 aromatic rings. The van der Waals surface area contributed by atoms with Gasteiger partial charge in [-0.1, -0.05) is 60.7 Å². The number of hydrogen-bond acceptors (Lipinski definition) is 1. The number of hydrogen-bond donors (Lipinski definition) is 1. The Morgan fingerprint density at radius 3 is 2.25 bits per heavy atom.